The number of carbonyl (C=O) groups is 1. The van der Waals surface area contributed by atoms with E-state index >= 15 is 0 Å². The Kier molecular flexibility index (Phi) is 3.95. The monoisotopic (exact) mass is 311 g/mol. The number of aliphatic carboxylic acids is 1. The van der Waals surface area contributed by atoms with E-state index in [0.717, 1.165) is 12.1 Å². The molecular formula is C15H18ClNO4. The smallest absolute Gasteiger partial charge is 0.308 e. The highest BCUT2D eigenvalue weighted by molar-refractivity contribution is 6.32. The van der Waals surface area contributed by atoms with E-state index in [4.69, 9.17) is 21.1 Å². The summed E-state index contributed by atoms with van der Waals surface area (Å²) >= 11 is 6.23. The zero-order chi connectivity index (χ0) is 15.0. The average Bonchev–Trinajstić information content (AvgIpc) is 2.80. The molecule has 1 saturated heterocycles. The molecule has 0 amide bonds. The van der Waals surface area contributed by atoms with E-state index in [0.29, 0.717) is 42.7 Å². The molecule has 2 unspecified atom stereocenters. The minimum absolute atomic E-state index is 0.0227. The van der Waals surface area contributed by atoms with Crippen molar-refractivity contribution in [1.29, 1.82) is 0 Å². The normalized spacial score (nSPS) is 25.0. The average molecular weight is 312 g/mol. The molecule has 2 heterocycles. The zero-order valence-corrected chi connectivity index (χ0v) is 12.6. The first-order valence-electron chi connectivity index (χ1n) is 7.11. The van der Waals surface area contributed by atoms with E-state index in [1.165, 1.54) is 0 Å². The Hall–Kier alpha value is -1.46. The first-order valence-corrected chi connectivity index (χ1v) is 7.49. The number of rotatable bonds is 3. The third-order valence-electron chi connectivity index (χ3n) is 4.25. The van der Waals surface area contributed by atoms with Crippen molar-refractivity contribution in [1.82, 2.24) is 4.90 Å². The standard InChI is InChI=1S/C15H18ClNO4/c1-9-11(15(18)19)2-3-17(9)8-10-6-12(16)14-13(7-10)20-4-5-21-14/h6-7,9,11H,2-5,8H2,1H3,(H,18,19). The van der Waals surface area contributed by atoms with E-state index in [1.54, 1.807) is 0 Å². The van der Waals surface area contributed by atoms with Crippen LogP contribution in [0.2, 0.25) is 5.02 Å². The number of nitrogens with zero attached hydrogens (tertiary/aromatic N) is 1. The number of likely N-dealkylation sites (tertiary alicyclic amines) is 1. The zero-order valence-electron chi connectivity index (χ0n) is 11.8. The molecule has 0 radical (unpaired) electrons. The second kappa shape index (κ2) is 5.73. The molecule has 2 aliphatic heterocycles. The molecule has 1 N–H and O–H groups in total. The van der Waals surface area contributed by atoms with Crippen LogP contribution in [0.4, 0.5) is 0 Å². The van der Waals surface area contributed by atoms with Gasteiger partial charge in [0.1, 0.15) is 13.2 Å². The number of carboxylic acid groups (broad SMARTS) is 1. The summed E-state index contributed by atoms with van der Waals surface area (Å²) in [5, 5.41) is 9.73. The largest absolute Gasteiger partial charge is 0.486 e. The quantitative estimate of drug-likeness (QED) is 0.929. The maximum absolute atomic E-state index is 11.2. The van der Waals surface area contributed by atoms with Crippen LogP contribution in [-0.4, -0.2) is 41.8 Å². The molecule has 0 saturated carbocycles. The summed E-state index contributed by atoms with van der Waals surface area (Å²) in [5.74, 6) is 0.262. The van der Waals surface area contributed by atoms with Crippen LogP contribution in [0.15, 0.2) is 12.1 Å². The van der Waals surface area contributed by atoms with Crippen LogP contribution in [0.1, 0.15) is 18.9 Å². The van der Waals surface area contributed by atoms with Gasteiger partial charge in [-0.3, -0.25) is 9.69 Å². The van der Waals surface area contributed by atoms with E-state index in [1.807, 2.05) is 19.1 Å². The maximum atomic E-state index is 11.2. The van der Waals surface area contributed by atoms with Crippen LogP contribution in [0, 0.1) is 5.92 Å². The molecule has 6 heteroatoms. The van der Waals surface area contributed by atoms with E-state index in [9.17, 15) is 9.90 Å². The van der Waals surface area contributed by atoms with Crippen molar-refractivity contribution in [2.24, 2.45) is 5.92 Å². The molecule has 1 aromatic rings. The van der Waals surface area contributed by atoms with Gasteiger partial charge in [-0.15, -0.1) is 0 Å². The van der Waals surface area contributed by atoms with Crippen molar-refractivity contribution in [3.63, 3.8) is 0 Å². The Morgan fingerprint density at radius 1 is 1.43 bits per heavy atom. The van der Waals surface area contributed by atoms with Crippen molar-refractivity contribution < 1.29 is 19.4 Å². The van der Waals surface area contributed by atoms with Gasteiger partial charge in [-0.05, 0) is 37.6 Å². The number of fused-ring (bicyclic) bond motifs is 1. The highest BCUT2D eigenvalue weighted by Crippen LogP contribution is 2.39. The lowest BCUT2D eigenvalue weighted by atomic mass is 10.0. The van der Waals surface area contributed by atoms with Crippen molar-refractivity contribution >= 4 is 17.6 Å². The van der Waals surface area contributed by atoms with Gasteiger partial charge in [0.2, 0.25) is 0 Å². The second-order valence-electron chi connectivity index (χ2n) is 5.55. The molecule has 0 spiro atoms. The number of benzene rings is 1. The Morgan fingerprint density at radius 2 is 2.19 bits per heavy atom. The fourth-order valence-electron chi connectivity index (χ4n) is 3.05. The van der Waals surface area contributed by atoms with Gasteiger partial charge in [0.25, 0.3) is 0 Å². The predicted molar refractivity (Wildman–Crippen MR) is 78.1 cm³/mol. The topological polar surface area (TPSA) is 59.0 Å². The van der Waals surface area contributed by atoms with Gasteiger partial charge >= 0.3 is 5.97 Å². The molecule has 2 atom stereocenters. The molecule has 114 valence electrons. The lowest BCUT2D eigenvalue weighted by Gasteiger charge is -2.25. The fourth-order valence-corrected chi connectivity index (χ4v) is 3.33. The van der Waals surface area contributed by atoms with Crippen molar-refractivity contribution in [3.05, 3.63) is 22.7 Å². The van der Waals surface area contributed by atoms with Crippen molar-refractivity contribution in [2.45, 2.75) is 25.9 Å². The van der Waals surface area contributed by atoms with Crippen LogP contribution < -0.4 is 9.47 Å². The second-order valence-corrected chi connectivity index (χ2v) is 5.95. The summed E-state index contributed by atoms with van der Waals surface area (Å²) < 4.78 is 11.1. The van der Waals surface area contributed by atoms with E-state index in [-0.39, 0.29) is 12.0 Å². The molecule has 5 nitrogen and oxygen atoms in total. The first-order chi connectivity index (χ1) is 10.1. The number of carboxylic acids is 1. The van der Waals surface area contributed by atoms with Gasteiger partial charge in [-0.2, -0.15) is 0 Å². The summed E-state index contributed by atoms with van der Waals surface area (Å²) in [4.78, 5) is 13.3. The summed E-state index contributed by atoms with van der Waals surface area (Å²) in [7, 11) is 0. The molecule has 2 aliphatic rings. The summed E-state index contributed by atoms with van der Waals surface area (Å²) in [5.41, 5.74) is 1.02. The highest BCUT2D eigenvalue weighted by Gasteiger charge is 2.35. The Morgan fingerprint density at radius 3 is 2.90 bits per heavy atom. The molecule has 0 bridgehead atoms. The van der Waals surface area contributed by atoms with Gasteiger partial charge in [0.15, 0.2) is 11.5 Å². The lowest BCUT2D eigenvalue weighted by molar-refractivity contribution is -0.142. The van der Waals surface area contributed by atoms with Crippen LogP contribution in [0.3, 0.4) is 0 Å². The van der Waals surface area contributed by atoms with Crippen molar-refractivity contribution in [3.8, 4) is 11.5 Å². The van der Waals surface area contributed by atoms with Gasteiger partial charge < -0.3 is 14.6 Å². The third-order valence-corrected chi connectivity index (χ3v) is 4.53. The Labute approximate surface area is 128 Å². The summed E-state index contributed by atoms with van der Waals surface area (Å²) in [6.07, 6.45) is 0.689. The van der Waals surface area contributed by atoms with Gasteiger partial charge in [-0.25, -0.2) is 0 Å². The molecule has 0 aliphatic carbocycles. The number of ether oxygens (including phenoxy) is 2. The lowest BCUT2D eigenvalue weighted by Crippen LogP contribution is -2.32. The number of hydrogen-bond donors (Lipinski definition) is 1. The van der Waals surface area contributed by atoms with Crippen LogP contribution in [0.5, 0.6) is 11.5 Å². The minimum Gasteiger partial charge on any atom is -0.486 e. The SMILES string of the molecule is CC1C(C(=O)O)CCN1Cc1cc(Cl)c2c(c1)OCCO2. The van der Waals surface area contributed by atoms with Crippen LogP contribution in [0.25, 0.3) is 0 Å². The molecule has 21 heavy (non-hydrogen) atoms. The summed E-state index contributed by atoms with van der Waals surface area (Å²) in [6, 6.07) is 3.83. The molecular weight excluding hydrogens is 294 g/mol. The van der Waals surface area contributed by atoms with Gasteiger partial charge in [0, 0.05) is 12.6 Å². The first kappa shape index (κ1) is 14.5. The molecule has 1 aromatic carbocycles. The number of hydrogen-bond acceptors (Lipinski definition) is 4. The Balaban J connectivity index is 1.77. The fraction of sp³-hybridized carbons (Fsp3) is 0.533. The summed E-state index contributed by atoms with van der Waals surface area (Å²) in [6.45, 7) is 4.44. The third kappa shape index (κ3) is 2.80. The molecule has 3 rings (SSSR count). The highest BCUT2D eigenvalue weighted by atomic mass is 35.5. The van der Waals surface area contributed by atoms with Crippen LogP contribution >= 0.6 is 11.6 Å². The molecule has 0 aromatic heterocycles. The predicted octanol–water partition coefficient (Wildman–Crippen LogP) is 2.41. The van der Waals surface area contributed by atoms with Gasteiger partial charge in [0.05, 0.1) is 10.9 Å². The molecule has 1 fully saturated rings. The van der Waals surface area contributed by atoms with Gasteiger partial charge in [-0.1, -0.05) is 11.6 Å². The minimum atomic E-state index is -0.717. The Bertz CT molecular complexity index is 563. The van der Waals surface area contributed by atoms with Crippen molar-refractivity contribution in [2.75, 3.05) is 19.8 Å². The maximum Gasteiger partial charge on any atom is 0.308 e. The number of halogens is 1. The van der Waals surface area contributed by atoms with E-state index in [2.05, 4.69) is 4.90 Å². The van der Waals surface area contributed by atoms with Crippen LogP contribution in [-0.2, 0) is 11.3 Å². The van der Waals surface area contributed by atoms with E-state index < -0.39 is 5.97 Å².